The predicted molar refractivity (Wildman–Crippen MR) is 113 cm³/mol. The third kappa shape index (κ3) is 5.05. The first-order valence-corrected chi connectivity index (χ1v) is 10.7. The van der Waals surface area contributed by atoms with E-state index in [4.69, 9.17) is 22.1 Å². The van der Waals surface area contributed by atoms with Crippen LogP contribution in [-0.4, -0.2) is 47.2 Å². The third-order valence-electron chi connectivity index (χ3n) is 5.94. The zero-order chi connectivity index (χ0) is 22.2. The number of morpholine rings is 1. The minimum absolute atomic E-state index is 0.0635. The third-order valence-corrected chi connectivity index (χ3v) is 6.11. The Morgan fingerprint density at radius 2 is 1.97 bits per heavy atom. The lowest BCUT2D eigenvalue weighted by Gasteiger charge is -2.37. The van der Waals surface area contributed by atoms with Crippen molar-refractivity contribution in [1.29, 1.82) is 0 Å². The fourth-order valence-electron chi connectivity index (χ4n) is 4.31. The Labute approximate surface area is 183 Å². The van der Waals surface area contributed by atoms with Gasteiger partial charge in [-0.25, -0.2) is 9.97 Å². The van der Waals surface area contributed by atoms with E-state index in [0.717, 1.165) is 69.0 Å². The molecule has 0 unspecified atom stereocenters. The van der Waals surface area contributed by atoms with E-state index in [1.54, 1.807) is 13.0 Å². The molecule has 0 bridgehead atoms. The summed E-state index contributed by atoms with van der Waals surface area (Å²) < 4.78 is 45.1. The van der Waals surface area contributed by atoms with E-state index < -0.39 is 17.8 Å². The average Bonchev–Trinajstić information content (AvgIpc) is 2.73. The van der Waals surface area contributed by atoms with Gasteiger partial charge in [0.2, 0.25) is 5.28 Å². The normalized spacial score (nSPS) is 20.9. The molecule has 0 saturated carbocycles. The summed E-state index contributed by atoms with van der Waals surface area (Å²) in [5.74, 6) is 0.566. The summed E-state index contributed by atoms with van der Waals surface area (Å²) in [5.41, 5.74) is 7.31. The lowest BCUT2D eigenvalue weighted by molar-refractivity contribution is -0.137. The van der Waals surface area contributed by atoms with Crippen molar-refractivity contribution in [3.63, 3.8) is 0 Å². The molecule has 2 heterocycles. The molecule has 2 aromatic rings. The summed E-state index contributed by atoms with van der Waals surface area (Å²) in [6, 6.07) is 3.48. The van der Waals surface area contributed by atoms with Gasteiger partial charge in [0, 0.05) is 30.4 Å². The number of nitrogens with zero attached hydrogens (tertiary/aromatic N) is 3. The van der Waals surface area contributed by atoms with Crippen molar-refractivity contribution in [3.05, 3.63) is 45.9 Å². The largest absolute Gasteiger partial charge is 0.416 e. The van der Waals surface area contributed by atoms with Gasteiger partial charge in [-0.1, -0.05) is 0 Å². The van der Waals surface area contributed by atoms with Crippen LogP contribution in [0, 0.1) is 0 Å². The fraction of sp³-hybridized carbons (Fsp3) is 0.524. The highest BCUT2D eigenvalue weighted by atomic mass is 35.5. The number of aromatic nitrogens is 2. The van der Waals surface area contributed by atoms with Crippen LogP contribution in [0.4, 0.5) is 24.7 Å². The van der Waals surface area contributed by atoms with Gasteiger partial charge < -0.3 is 15.8 Å². The molecule has 0 amide bonds. The van der Waals surface area contributed by atoms with Gasteiger partial charge in [-0.05, 0) is 61.5 Å². The van der Waals surface area contributed by atoms with Gasteiger partial charge in [-0.2, -0.15) is 13.2 Å². The topological polar surface area (TPSA) is 76.3 Å². The van der Waals surface area contributed by atoms with Crippen molar-refractivity contribution in [2.75, 3.05) is 37.4 Å². The number of rotatable bonds is 4. The van der Waals surface area contributed by atoms with E-state index >= 15 is 0 Å². The number of nitrogens with two attached hydrogens (primary N) is 1. The second-order valence-electron chi connectivity index (χ2n) is 8.06. The molecule has 10 heteroatoms. The Morgan fingerprint density at radius 3 is 2.68 bits per heavy atom. The molecule has 3 N–H and O–H groups in total. The SMILES string of the molecule is C[C@@H](Nc1nc(Cl)nc2c1C[C@@H](N1CCOCC1)CC2)c1cc(N)cc(C(F)(F)F)c1. The molecular weight excluding hydrogens is 431 g/mol. The molecule has 1 fully saturated rings. The van der Waals surface area contributed by atoms with Gasteiger partial charge in [-0.15, -0.1) is 0 Å². The number of ether oxygens (including phenoxy) is 1. The molecule has 1 aromatic carbocycles. The Bertz CT molecular complexity index is 949. The standard InChI is InChI=1S/C21H25ClF3N5O/c1-12(13-8-14(21(23,24)25)10-15(26)9-13)27-19-17-11-16(30-4-6-31-7-5-30)2-3-18(17)28-20(22)29-19/h8-10,12,16H,2-7,11,26H2,1H3,(H,27,28,29)/t12-,16+/m1/s1. The minimum Gasteiger partial charge on any atom is -0.399 e. The number of nitrogen functional groups attached to an aromatic ring is 1. The van der Waals surface area contributed by atoms with Gasteiger partial charge in [0.1, 0.15) is 5.82 Å². The number of anilines is 2. The molecule has 4 rings (SSSR count). The second-order valence-corrected chi connectivity index (χ2v) is 8.40. The minimum atomic E-state index is -4.47. The van der Waals surface area contributed by atoms with E-state index in [0.29, 0.717) is 17.4 Å². The van der Waals surface area contributed by atoms with E-state index in [1.165, 1.54) is 0 Å². The summed E-state index contributed by atoms with van der Waals surface area (Å²) >= 11 is 6.15. The van der Waals surface area contributed by atoms with Crippen molar-refractivity contribution in [1.82, 2.24) is 14.9 Å². The summed E-state index contributed by atoms with van der Waals surface area (Å²) in [5, 5.41) is 3.38. The average molecular weight is 456 g/mol. The van der Waals surface area contributed by atoms with Crippen molar-refractivity contribution in [2.45, 2.75) is 44.4 Å². The van der Waals surface area contributed by atoms with E-state index in [1.807, 2.05) is 0 Å². The predicted octanol–water partition coefficient (Wildman–Crippen LogP) is 4.09. The Morgan fingerprint density at radius 1 is 1.23 bits per heavy atom. The highest BCUT2D eigenvalue weighted by Gasteiger charge is 2.32. The maximum absolute atomic E-state index is 13.2. The molecule has 0 spiro atoms. The van der Waals surface area contributed by atoms with E-state index in [9.17, 15) is 13.2 Å². The summed E-state index contributed by atoms with van der Waals surface area (Å²) in [6.07, 6.45) is -1.96. The van der Waals surface area contributed by atoms with Crippen molar-refractivity contribution in [3.8, 4) is 0 Å². The number of alkyl halides is 3. The monoisotopic (exact) mass is 455 g/mol. The summed E-state index contributed by atoms with van der Waals surface area (Å²) in [4.78, 5) is 11.2. The maximum Gasteiger partial charge on any atom is 0.416 e. The molecule has 168 valence electrons. The first-order chi connectivity index (χ1) is 14.7. The molecule has 1 saturated heterocycles. The lowest BCUT2D eigenvalue weighted by Crippen LogP contribution is -2.46. The second kappa shape index (κ2) is 8.80. The van der Waals surface area contributed by atoms with Gasteiger partial charge in [0.15, 0.2) is 0 Å². The Kier molecular flexibility index (Phi) is 6.27. The van der Waals surface area contributed by atoms with Gasteiger partial charge in [0.05, 0.1) is 30.5 Å². The number of hydrogen-bond acceptors (Lipinski definition) is 6. The zero-order valence-electron chi connectivity index (χ0n) is 17.2. The maximum atomic E-state index is 13.2. The molecule has 1 aliphatic carbocycles. The van der Waals surface area contributed by atoms with Crippen LogP contribution >= 0.6 is 11.6 Å². The van der Waals surface area contributed by atoms with Gasteiger partial charge >= 0.3 is 6.18 Å². The molecule has 0 radical (unpaired) electrons. The number of nitrogens with one attached hydrogen (secondary N) is 1. The van der Waals surface area contributed by atoms with Crippen LogP contribution in [0.15, 0.2) is 18.2 Å². The first-order valence-electron chi connectivity index (χ1n) is 10.3. The van der Waals surface area contributed by atoms with E-state index in [2.05, 4.69) is 20.2 Å². The number of benzene rings is 1. The van der Waals surface area contributed by atoms with Gasteiger partial charge in [0.25, 0.3) is 0 Å². The molecule has 1 aromatic heterocycles. The number of fused-ring (bicyclic) bond motifs is 1. The number of halogens is 4. The summed E-state index contributed by atoms with van der Waals surface area (Å²) in [6.45, 7) is 4.99. The quantitative estimate of drug-likeness (QED) is 0.534. The van der Waals surface area contributed by atoms with Crippen LogP contribution < -0.4 is 11.1 Å². The lowest BCUT2D eigenvalue weighted by atomic mass is 9.90. The van der Waals surface area contributed by atoms with Crippen molar-refractivity contribution >= 4 is 23.1 Å². The van der Waals surface area contributed by atoms with Crippen LogP contribution in [0.2, 0.25) is 5.28 Å². The fourth-order valence-corrected chi connectivity index (χ4v) is 4.50. The Balaban J connectivity index is 1.59. The van der Waals surface area contributed by atoms with Crippen LogP contribution in [0.1, 0.15) is 41.8 Å². The number of hydrogen-bond donors (Lipinski definition) is 2. The van der Waals surface area contributed by atoms with Gasteiger partial charge in [-0.3, -0.25) is 4.90 Å². The molecule has 6 nitrogen and oxygen atoms in total. The highest BCUT2D eigenvalue weighted by molar-refractivity contribution is 6.28. The van der Waals surface area contributed by atoms with Crippen LogP contribution in [-0.2, 0) is 23.8 Å². The van der Waals surface area contributed by atoms with Crippen LogP contribution in [0.25, 0.3) is 0 Å². The molecule has 2 atom stereocenters. The molecule has 31 heavy (non-hydrogen) atoms. The highest BCUT2D eigenvalue weighted by Crippen LogP contribution is 2.35. The van der Waals surface area contributed by atoms with E-state index in [-0.39, 0.29) is 11.0 Å². The summed E-state index contributed by atoms with van der Waals surface area (Å²) in [7, 11) is 0. The van der Waals surface area contributed by atoms with Crippen LogP contribution in [0.3, 0.4) is 0 Å². The molecule has 2 aliphatic rings. The molecular formula is C21H25ClF3N5O. The smallest absolute Gasteiger partial charge is 0.399 e. The zero-order valence-corrected chi connectivity index (χ0v) is 17.9. The first kappa shape index (κ1) is 22.1. The van der Waals surface area contributed by atoms with Crippen LogP contribution in [0.5, 0.6) is 0 Å². The van der Waals surface area contributed by atoms with Crippen molar-refractivity contribution in [2.24, 2.45) is 0 Å². The number of aryl methyl sites for hydroxylation is 1. The van der Waals surface area contributed by atoms with Crippen molar-refractivity contribution < 1.29 is 17.9 Å². The Hall–Kier alpha value is -2.10. The molecule has 1 aliphatic heterocycles.